The summed E-state index contributed by atoms with van der Waals surface area (Å²) in [5.41, 5.74) is 5.94. The summed E-state index contributed by atoms with van der Waals surface area (Å²) in [6.45, 7) is 10.2. The minimum Gasteiger partial charge on any atom is -0.341 e. The molecule has 1 amide bonds. The van der Waals surface area contributed by atoms with E-state index in [1.807, 2.05) is 13.8 Å². The number of carbonyl (C=O) groups excluding carboxylic acids is 1. The van der Waals surface area contributed by atoms with Gasteiger partial charge in [-0.15, -0.1) is 12.4 Å². The van der Waals surface area contributed by atoms with Crippen molar-refractivity contribution in [2.24, 2.45) is 23.0 Å². The van der Waals surface area contributed by atoms with Gasteiger partial charge in [0.15, 0.2) is 0 Å². The first-order valence-electron chi connectivity index (χ1n) is 9.52. The molecule has 2 N–H and O–H groups in total. The van der Waals surface area contributed by atoms with Crippen molar-refractivity contribution in [1.29, 1.82) is 0 Å². The summed E-state index contributed by atoms with van der Waals surface area (Å²) in [5, 5.41) is 0. The van der Waals surface area contributed by atoms with E-state index in [1.165, 1.54) is 6.07 Å². The average Bonchev–Trinajstić information content (AvgIpc) is 2.60. The van der Waals surface area contributed by atoms with E-state index in [0.29, 0.717) is 43.6 Å². The monoisotopic (exact) mass is 431 g/mol. The molecule has 2 rings (SSSR count). The fraction of sp³-hybridized carbons (Fsp3) is 0.650. The molecule has 160 valence electrons. The first-order valence-corrected chi connectivity index (χ1v) is 11.0. The number of benzene rings is 1. The van der Waals surface area contributed by atoms with Gasteiger partial charge in [0, 0.05) is 32.2 Å². The Morgan fingerprint density at radius 3 is 2.36 bits per heavy atom. The van der Waals surface area contributed by atoms with Crippen molar-refractivity contribution in [2.75, 3.05) is 33.2 Å². The highest BCUT2D eigenvalue weighted by Crippen LogP contribution is 2.27. The number of nitrogens with two attached hydrogens (primary N) is 1. The topological polar surface area (TPSA) is 83.7 Å². The van der Waals surface area contributed by atoms with Crippen molar-refractivity contribution in [2.45, 2.75) is 39.0 Å². The highest BCUT2D eigenvalue weighted by atomic mass is 35.5. The summed E-state index contributed by atoms with van der Waals surface area (Å²) >= 11 is 0. The number of amides is 1. The van der Waals surface area contributed by atoms with Crippen molar-refractivity contribution in [1.82, 2.24) is 9.21 Å². The zero-order valence-electron chi connectivity index (χ0n) is 17.5. The Morgan fingerprint density at radius 2 is 1.82 bits per heavy atom. The van der Waals surface area contributed by atoms with E-state index >= 15 is 0 Å². The van der Waals surface area contributed by atoms with Crippen LogP contribution in [-0.4, -0.2) is 56.8 Å². The lowest BCUT2D eigenvalue weighted by atomic mass is 9.93. The summed E-state index contributed by atoms with van der Waals surface area (Å²) in [6, 6.07) is 6.36. The van der Waals surface area contributed by atoms with Crippen LogP contribution in [0, 0.1) is 17.3 Å². The lowest BCUT2D eigenvalue weighted by molar-refractivity contribution is 0.0740. The van der Waals surface area contributed by atoms with Crippen LogP contribution in [0.15, 0.2) is 29.2 Å². The number of nitrogens with zero attached hydrogens (tertiary/aromatic N) is 2. The van der Waals surface area contributed by atoms with Crippen LogP contribution in [-0.2, 0) is 10.0 Å². The molecule has 1 aliphatic heterocycles. The SMILES string of the molecule is CC1CC(C)CN(S(=O)(=O)c2cccc(C(=O)N(C)CC(C)(C)CN)c2)C1.Cl. The lowest BCUT2D eigenvalue weighted by Gasteiger charge is -2.34. The number of carbonyl (C=O) groups is 1. The molecular formula is C20H34ClN3O3S. The van der Waals surface area contributed by atoms with Gasteiger partial charge in [0.1, 0.15) is 0 Å². The summed E-state index contributed by atoms with van der Waals surface area (Å²) in [6.07, 6.45) is 1.03. The fourth-order valence-corrected chi connectivity index (χ4v) is 5.47. The normalized spacial score (nSPS) is 21.1. The van der Waals surface area contributed by atoms with Gasteiger partial charge in [0.2, 0.25) is 10.0 Å². The van der Waals surface area contributed by atoms with E-state index in [2.05, 4.69) is 13.8 Å². The molecule has 1 aromatic rings. The van der Waals surface area contributed by atoms with E-state index in [4.69, 9.17) is 5.73 Å². The molecule has 0 saturated carbocycles. The lowest BCUT2D eigenvalue weighted by Crippen LogP contribution is -2.42. The largest absolute Gasteiger partial charge is 0.341 e. The molecule has 0 spiro atoms. The van der Waals surface area contributed by atoms with Gasteiger partial charge in [-0.2, -0.15) is 4.31 Å². The molecule has 0 aromatic heterocycles. The van der Waals surface area contributed by atoms with Gasteiger partial charge in [0.25, 0.3) is 5.91 Å². The number of sulfonamides is 1. The summed E-state index contributed by atoms with van der Waals surface area (Å²) in [7, 11) is -1.89. The fourth-order valence-electron chi connectivity index (χ4n) is 3.74. The van der Waals surface area contributed by atoms with Gasteiger partial charge < -0.3 is 10.6 Å². The standard InChI is InChI=1S/C20H33N3O3S.ClH/c1-15-9-16(2)12-23(11-15)27(25,26)18-8-6-7-17(10-18)19(24)22(5)14-20(3,4)13-21;/h6-8,10,15-16H,9,11-14,21H2,1-5H3;1H. The van der Waals surface area contributed by atoms with Crippen LogP contribution < -0.4 is 5.73 Å². The molecular weight excluding hydrogens is 398 g/mol. The van der Waals surface area contributed by atoms with Crippen molar-refractivity contribution in [3.8, 4) is 0 Å². The van der Waals surface area contributed by atoms with Crippen LogP contribution in [0.3, 0.4) is 0 Å². The number of halogens is 1. The van der Waals surface area contributed by atoms with Crippen molar-refractivity contribution in [3.05, 3.63) is 29.8 Å². The predicted molar refractivity (Wildman–Crippen MR) is 115 cm³/mol. The molecule has 0 aliphatic carbocycles. The predicted octanol–water partition coefficient (Wildman–Crippen LogP) is 2.83. The molecule has 0 radical (unpaired) electrons. The van der Waals surface area contributed by atoms with Crippen molar-refractivity contribution < 1.29 is 13.2 Å². The van der Waals surface area contributed by atoms with Crippen LogP contribution in [0.4, 0.5) is 0 Å². The Hall–Kier alpha value is -1.15. The molecule has 1 aliphatic rings. The van der Waals surface area contributed by atoms with E-state index in [9.17, 15) is 13.2 Å². The summed E-state index contributed by atoms with van der Waals surface area (Å²) in [4.78, 5) is 14.6. The third kappa shape index (κ3) is 5.92. The van der Waals surface area contributed by atoms with Gasteiger partial charge in [-0.1, -0.05) is 33.8 Å². The number of piperidine rings is 1. The maximum absolute atomic E-state index is 13.1. The number of rotatable bonds is 6. The number of hydrogen-bond acceptors (Lipinski definition) is 4. The number of hydrogen-bond donors (Lipinski definition) is 1. The maximum atomic E-state index is 13.1. The Kier molecular flexibility index (Phi) is 8.50. The van der Waals surface area contributed by atoms with Gasteiger partial charge in [-0.05, 0) is 48.4 Å². The third-order valence-electron chi connectivity index (χ3n) is 5.12. The maximum Gasteiger partial charge on any atom is 0.253 e. The first-order chi connectivity index (χ1) is 12.5. The third-order valence-corrected chi connectivity index (χ3v) is 6.95. The molecule has 0 bridgehead atoms. The van der Waals surface area contributed by atoms with Crippen LogP contribution >= 0.6 is 12.4 Å². The first kappa shape index (κ1) is 24.9. The van der Waals surface area contributed by atoms with Crippen LogP contribution in [0.1, 0.15) is 44.5 Å². The Balaban J connectivity index is 0.00000392. The zero-order chi connectivity index (χ0) is 20.4. The molecule has 2 atom stereocenters. The molecule has 1 aromatic carbocycles. The summed E-state index contributed by atoms with van der Waals surface area (Å²) in [5.74, 6) is 0.463. The molecule has 1 saturated heterocycles. The van der Waals surface area contributed by atoms with E-state index in [-0.39, 0.29) is 28.6 Å². The Labute approximate surface area is 175 Å². The van der Waals surface area contributed by atoms with E-state index in [0.717, 1.165) is 6.42 Å². The Morgan fingerprint density at radius 1 is 1.25 bits per heavy atom. The second-order valence-corrected chi connectivity index (χ2v) is 10.8. The molecule has 6 nitrogen and oxygen atoms in total. The summed E-state index contributed by atoms with van der Waals surface area (Å²) < 4.78 is 27.7. The van der Waals surface area contributed by atoms with Gasteiger partial charge >= 0.3 is 0 Å². The molecule has 1 fully saturated rings. The van der Waals surface area contributed by atoms with Gasteiger partial charge in [0.05, 0.1) is 4.90 Å². The molecule has 1 heterocycles. The van der Waals surface area contributed by atoms with E-state index < -0.39 is 10.0 Å². The van der Waals surface area contributed by atoms with E-state index in [1.54, 1.807) is 34.5 Å². The quantitative estimate of drug-likeness (QED) is 0.750. The average molecular weight is 432 g/mol. The molecule has 28 heavy (non-hydrogen) atoms. The smallest absolute Gasteiger partial charge is 0.253 e. The van der Waals surface area contributed by atoms with Crippen LogP contribution in [0.5, 0.6) is 0 Å². The highest BCUT2D eigenvalue weighted by Gasteiger charge is 2.32. The second kappa shape index (κ2) is 9.57. The minimum absolute atomic E-state index is 0. The van der Waals surface area contributed by atoms with Crippen LogP contribution in [0.25, 0.3) is 0 Å². The molecule has 2 unspecified atom stereocenters. The van der Waals surface area contributed by atoms with Gasteiger partial charge in [-0.25, -0.2) is 8.42 Å². The Bertz CT molecular complexity index is 773. The minimum atomic E-state index is -3.61. The highest BCUT2D eigenvalue weighted by molar-refractivity contribution is 7.89. The molecule has 8 heteroatoms. The van der Waals surface area contributed by atoms with Gasteiger partial charge in [-0.3, -0.25) is 4.79 Å². The van der Waals surface area contributed by atoms with Crippen LogP contribution in [0.2, 0.25) is 0 Å². The zero-order valence-corrected chi connectivity index (χ0v) is 19.1. The van der Waals surface area contributed by atoms with Crippen molar-refractivity contribution in [3.63, 3.8) is 0 Å². The van der Waals surface area contributed by atoms with Crippen molar-refractivity contribution >= 4 is 28.3 Å². The second-order valence-electron chi connectivity index (χ2n) is 8.83.